The van der Waals surface area contributed by atoms with Crippen LogP contribution in [0, 0.1) is 0 Å². The van der Waals surface area contributed by atoms with E-state index in [2.05, 4.69) is 10.3 Å². The third kappa shape index (κ3) is 2.53. The van der Waals surface area contributed by atoms with E-state index in [0.29, 0.717) is 22.1 Å². The predicted octanol–water partition coefficient (Wildman–Crippen LogP) is 3.14. The number of carbonyl (C=O) groups excluding carboxylic acids is 1. The highest BCUT2D eigenvalue weighted by molar-refractivity contribution is 7.22. The summed E-state index contributed by atoms with van der Waals surface area (Å²) in [5, 5.41) is 3.32. The number of aromatic nitrogens is 1. The number of fused-ring (bicyclic) bond motifs is 1. The van der Waals surface area contributed by atoms with Gasteiger partial charge in [-0.2, -0.15) is 0 Å². The van der Waals surface area contributed by atoms with E-state index < -0.39 is 0 Å². The monoisotopic (exact) mass is 299 g/mol. The number of nitrogens with two attached hydrogens (primary N) is 1. The van der Waals surface area contributed by atoms with Crippen molar-refractivity contribution in [3.05, 3.63) is 48.0 Å². The Morgan fingerprint density at radius 1 is 1.24 bits per heavy atom. The number of nitrogen functional groups attached to an aromatic ring is 1. The van der Waals surface area contributed by atoms with E-state index >= 15 is 0 Å². The second-order valence-electron chi connectivity index (χ2n) is 4.36. The van der Waals surface area contributed by atoms with Gasteiger partial charge in [0.1, 0.15) is 5.75 Å². The Morgan fingerprint density at radius 2 is 2.05 bits per heavy atom. The van der Waals surface area contributed by atoms with E-state index in [1.165, 1.54) is 18.4 Å². The van der Waals surface area contributed by atoms with Crippen molar-refractivity contribution in [3.63, 3.8) is 0 Å². The maximum Gasteiger partial charge on any atom is 0.259 e. The van der Waals surface area contributed by atoms with Crippen LogP contribution in [0.4, 0.5) is 10.8 Å². The molecule has 0 bridgehead atoms. The average Bonchev–Trinajstić information content (AvgIpc) is 2.89. The maximum absolute atomic E-state index is 12.3. The topological polar surface area (TPSA) is 77.2 Å². The van der Waals surface area contributed by atoms with Crippen molar-refractivity contribution >= 4 is 38.3 Å². The van der Waals surface area contributed by atoms with Crippen molar-refractivity contribution in [1.82, 2.24) is 4.98 Å². The molecule has 0 fully saturated rings. The minimum atomic E-state index is -0.301. The second-order valence-corrected chi connectivity index (χ2v) is 5.39. The lowest BCUT2D eigenvalue weighted by atomic mass is 10.1. The highest BCUT2D eigenvalue weighted by Crippen LogP contribution is 2.28. The van der Waals surface area contributed by atoms with E-state index in [1.54, 1.807) is 18.2 Å². The Balaban J connectivity index is 1.89. The third-order valence-corrected chi connectivity index (χ3v) is 4.00. The molecule has 6 heteroatoms. The quantitative estimate of drug-likeness (QED) is 0.728. The number of thiazole rings is 1. The number of hydrogen-bond acceptors (Lipinski definition) is 5. The molecule has 2 aromatic carbocycles. The van der Waals surface area contributed by atoms with E-state index in [0.717, 1.165) is 10.2 Å². The lowest BCUT2D eigenvalue weighted by molar-refractivity contribution is 0.102. The van der Waals surface area contributed by atoms with Crippen LogP contribution in [0.25, 0.3) is 10.2 Å². The van der Waals surface area contributed by atoms with Gasteiger partial charge in [0, 0.05) is 0 Å². The Labute approximate surface area is 125 Å². The van der Waals surface area contributed by atoms with Crippen molar-refractivity contribution in [2.45, 2.75) is 0 Å². The molecular formula is C15H13N3O2S. The molecular weight excluding hydrogens is 286 g/mol. The molecule has 0 atom stereocenters. The summed E-state index contributed by atoms with van der Waals surface area (Å²) in [5.41, 5.74) is 7.47. The van der Waals surface area contributed by atoms with Crippen LogP contribution in [-0.4, -0.2) is 18.0 Å². The summed E-state index contributed by atoms with van der Waals surface area (Å²) >= 11 is 1.42. The fourth-order valence-electron chi connectivity index (χ4n) is 2.01. The van der Waals surface area contributed by atoms with Gasteiger partial charge in [0.15, 0.2) is 5.13 Å². The lowest BCUT2D eigenvalue weighted by Crippen LogP contribution is -2.14. The normalized spacial score (nSPS) is 10.5. The van der Waals surface area contributed by atoms with Crippen LogP contribution in [0.1, 0.15) is 10.4 Å². The first-order chi connectivity index (χ1) is 10.2. The first kappa shape index (κ1) is 13.4. The number of nitrogens with one attached hydrogen (secondary N) is 1. The molecule has 0 saturated heterocycles. The number of methoxy groups -OCH3 is 1. The molecule has 0 aliphatic rings. The number of nitrogens with zero attached hydrogens (tertiary/aromatic N) is 1. The molecule has 0 unspecified atom stereocenters. The van der Waals surface area contributed by atoms with Gasteiger partial charge in [-0.25, -0.2) is 4.98 Å². The van der Waals surface area contributed by atoms with Gasteiger partial charge in [-0.3, -0.25) is 10.1 Å². The summed E-state index contributed by atoms with van der Waals surface area (Å²) in [7, 11) is 1.51. The van der Waals surface area contributed by atoms with Crippen LogP contribution in [-0.2, 0) is 0 Å². The van der Waals surface area contributed by atoms with E-state index in [9.17, 15) is 4.79 Å². The highest BCUT2D eigenvalue weighted by atomic mass is 32.1. The molecule has 3 rings (SSSR count). The lowest BCUT2D eigenvalue weighted by Gasteiger charge is -2.08. The van der Waals surface area contributed by atoms with Crippen LogP contribution in [0.15, 0.2) is 42.5 Å². The molecule has 0 saturated carbocycles. The number of hydrogen-bond donors (Lipinski definition) is 2. The molecule has 0 aliphatic carbocycles. The second kappa shape index (κ2) is 5.41. The number of para-hydroxylation sites is 2. The molecule has 1 heterocycles. The number of amides is 1. The standard InChI is InChI=1S/C15H13N3O2S/c1-20-11-7-4-5-9(13(11)16)14(19)18-15-17-10-6-2-3-8-12(10)21-15/h2-8H,16H2,1H3,(H,17,18,19). The van der Waals surface area contributed by atoms with E-state index in [1.807, 2.05) is 24.3 Å². The van der Waals surface area contributed by atoms with Crippen molar-refractivity contribution in [1.29, 1.82) is 0 Å². The first-order valence-electron chi connectivity index (χ1n) is 6.28. The molecule has 0 radical (unpaired) electrons. The molecule has 21 heavy (non-hydrogen) atoms. The van der Waals surface area contributed by atoms with Gasteiger partial charge in [0.05, 0.1) is 28.6 Å². The van der Waals surface area contributed by atoms with Crippen molar-refractivity contribution in [2.24, 2.45) is 0 Å². The number of benzene rings is 2. The fraction of sp³-hybridized carbons (Fsp3) is 0.0667. The summed E-state index contributed by atoms with van der Waals surface area (Å²) < 4.78 is 6.14. The molecule has 3 N–H and O–H groups in total. The molecule has 1 aromatic heterocycles. The zero-order valence-electron chi connectivity index (χ0n) is 11.3. The smallest absolute Gasteiger partial charge is 0.259 e. The van der Waals surface area contributed by atoms with E-state index in [-0.39, 0.29) is 5.91 Å². The Bertz CT molecular complexity index is 781. The largest absolute Gasteiger partial charge is 0.495 e. The summed E-state index contributed by atoms with van der Waals surface area (Å²) in [5.74, 6) is 0.178. The van der Waals surface area contributed by atoms with Crippen LogP contribution in [0.3, 0.4) is 0 Å². The van der Waals surface area contributed by atoms with Crippen LogP contribution in [0.5, 0.6) is 5.75 Å². The number of carbonyl (C=O) groups is 1. The molecule has 0 aliphatic heterocycles. The summed E-state index contributed by atoms with van der Waals surface area (Å²) in [6.45, 7) is 0. The van der Waals surface area contributed by atoms with Crippen molar-refractivity contribution < 1.29 is 9.53 Å². The average molecular weight is 299 g/mol. The van der Waals surface area contributed by atoms with Gasteiger partial charge >= 0.3 is 0 Å². The van der Waals surface area contributed by atoms with Crippen molar-refractivity contribution in [3.8, 4) is 5.75 Å². The Hall–Kier alpha value is -2.60. The molecule has 3 aromatic rings. The van der Waals surface area contributed by atoms with Gasteiger partial charge in [-0.15, -0.1) is 0 Å². The number of rotatable bonds is 3. The SMILES string of the molecule is COc1cccc(C(=O)Nc2nc3ccccc3s2)c1N. The first-order valence-corrected chi connectivity index (χ1v) is 7.10. The summed E-state index contributed by atoms with van der Waals surface area (Å²) in [6, 6.07) is 12.8. The zero-order valence-corrected chi connectivity index (χ0v) is 12.1. The molecule has 106 valence electrons. The zero-order chi connectivity index (χ0) is 14.8. The molecule has 5 nitrogen and oxygen atoms in total. The Kier molecular flexibility index (Phi) is 3.45. The summed E-state index contributed by atoms with van der Waals surface area (Å²) in [4.78, 5) is 16.7. The molecule has 1 amide bonds. The maximum atomic E-state index is 12.3. The van der Waals surface area contributed by atoms with Gasteiger partial charge in [-0.05, 0) is 24.3 Å². The number of ether oxygens (including phenoxy) is 1. The van der Waals surface area contributed by atoms with Crippen LogP contribution >= 0.6 is 11.3 Å². The Morgan fingerprint density at radius 3 is 2.81 bits per heavy atom. The fourth-order valence-corrected chi connectivity index (χ4v) is 2.87. The number of anilines is 2. The van der Waals surface area contributed by atoms with Gasteiger partial charge in [0.25, 0.3) is 5.91 Å². The predicted molar refractivity (Wildman–Crippen MR) is 85.0 cm³/mol. The minimum absolute atomic E-state index is 0.301. The van der Waals surface area contributed by atoms with E-state index in [4.69, 9.17) is 10.5 Å². The summed E-state index contributed by atoms with van der Waals surface area (Å²) in [6.07, 6.45) is 0. The van der Waals surface area contributed by atoms with Crippen molar-refractivity contribution in [2.75, 3.05) is 18.2 Å². The minimum Gasteiger partial charge on any atom is -0.495 e. The third-order valence-electron chi connectivity index (χ3n) is 3.05. The van der Waals surface area contributed by atoms with Gasteiger partial charge < -0.3 is 10.5 Å². The van der Waals surface area contributed by atoms with Gasteiger partial charge in [0.2, 0.25) is 0 Å². The van der Waals surface area contributed by atoms with Crippen LogP contribution in [0.2, 0.25) is 0 Å². The molecule has 0 spiro atoms. The van der Waals surface area contributed by atoms with Crippen LogP contribution < -0.4 is 15.8 Å². The van der Waals surface area contributed by atoms with Gasteiger partial charge in [-0.1, -0.05) is 29.5 Å². The highest BCUT2D eigenvalue weighted by Gasteiger charge is 2.14.